The number of rotatable bonds is 8. The SMILES string of the molecule is COCOC[C@@H](NS(=O)(=O)c1ccc(C)cc1)c1ccccc1. The average molecular weight is 335 g/mol. The topological polar surface area (TPSA) is 64.6 Å². The zero-order chi connectivity index (χ0) is 16.7. The Hall–Kier alpha value is -1.73. The zero-order valence-electron chi connectivity index (χ0n) is 13.2. The summed E-state index contributed by atoms with van der Waals surface area (Å²) in [5.41, 5.74) is 1.84. The molecule has 0 amide bonds. The highest BCUT2D eigenvalue weighted by Gasteiger charge is 2.21. The van der Waals surface area contributed by atoms with Gasteiger partial charge in [0.15, 0.2) is 0 Å². The van der Waals surface area contributed by atoms with Gasteiger partial charge in [-0.3, -0.25) is 0 Å². The second kappa shape index (κ2) is 8.21. The van der Waals surface area contributed by atoms with E-state index in [9.17, 15) is 8.42 Å². The van der Waals surface area contributed by atoms with Crippen molar-refractivity contribution in [2.75, 3.05) is 20.5 Å². The summed E-state index contributed by atoms with van der Waals surface area (Å²) in [5, 5.41) is 0. The highest BCUT2D eigenvalue weighted by atomic mass is 32.2. The Kier molecular flexibility index (Phi) is 6.29. The maximum absolute atomic E-state index is 12.6. The van der Waals surface area contributed by atoms with Crippen LogP contribution in [0.1, 0.15) is 17.2 Å². The molecule has 0 aliphatic carbocycles. The van der Waals surface area contributed by atoms with Crippen LogP contribution in [0.25, 0.3) is 0 Å². The predicted octanol–water partition coefficient (Wildman–Crippen LogP) is 2.64. The molecule has 1 atom stereocenters. The van der Waals surface area contributed by atoms with E-state index in [1.807, 2.05) is 37.3 Å². The van der Waals surface area contributed by atoms with Crippen molar-refractivity contribution in [3.8, 4) is 0 Å². The largest absolute Gasteiger partial charge is 0.359 e. The molecule has 0 bridgehead atoms. The smallest absolute Gasteiger partial charge is 0.241 e. The molecule has 23 heavy (non-hydrogen) atoms. The van der Waals surface area contributed by atoms with Crippen molar-refractivity contribution in [3.05, 3.63) is 65.7 Å². The third kappa shape index (κ3) is 5.14. The molecule has 0 fully saturated rings. The van der Waals surface area contributed by atoms with Gasteiger partial charge in [-0.15, -0.1) is 0 Å². The fourth-order valence-corrected chi connectivity index (χ4v) is 3.31. The molecular weight excluding hydrogens is 314 g/mol. The van der Waals surface area contributed by atoms with Gasteiger partial charge in [0, 0.05) is 7.11 Å². The Morgan fingerprint density at radius 1 is 1.04 bits per heavy atom. The maximum atomic E-state index is 12.6. The van der Waals surface area contributed by atoms with Crippen LogP contribution in [0.3, 0.4) is 0 Å². The zero-order valence-corrected chi connectivity index (χ0v) is 14.0. The first-order valence-electron chi connectivity index (χ1n) is 7.23. The molecule has 5 nitrogen and oxygen atoms in total. The number of sulfonamides is 1. The number of nitrogens with one attached hydrogen (secondary N) is 1. The van der Waals surface area contributed by atoms with Gasteiger partial charge in [0.2, 0.25) is 10.0 Å². The van der Waals surface area contributed by atoms with Gasteiger partial charge >= 0.3 is 0 Å². The van der Waals surface area contributed by atoms with Crippen LogP contribution in [0.15, 0.2) is 59.5 Å². The summed E-state index contributed by atoms with van der Waals surface area (Å²) < 4.78 is 38.0. The Balaban J connectivity index is 2.20. The predicted molar refractivity (Wildman–Crippen MR) is 88.5 cm³/mol. The van der Waals surface area contributed by atoms with Crippen LogP contribution in [0.5, 0.6) is 0 Å². The summed E-state index contributed by atoms with van der Waals surface area (Å²) in [4.78, 5) is 0.232. The van der Waals surface area contributed by atoms with E-state index in [4.69, 9.17) is 9.47 Å². The average Bonchev–Trinajstić information content (AvgIpc) is 2.55. The summed E-state index contributed by atoms with van der Waals surface area (Å²) in [6.07, 6.45) is 0. The van der Waals surface area contributed by atoms with Gasteiger partial charge in [-0.05, 0) is 24.6 Å². The number of benzene rings is 2. The number of methoxy groups -OCH3 is 1. The Morgan fingerprint density at radius 2 is 1.70 bits per heavy atom. The molecule has 0 radical (unpaired) electrons. The van der Waals surface area contributed by atoms with Crippen molar-refractivity contribution in [1.82, 2.24) is 4.72 Å². The fraction of sp³-hybridized carbons (Fsp3) is 0.294. The standard InChI is InChI=1S/C17H21NO4S/c1-14-8-10-16(11-9-14)23(19,20)18-17(12-22-13-21-2)15-6-4-3-5-7-15/h3-11,17-18H,12-13H2,1-2H3/t17-/m1/s1. The van der Waals surface area contributed by atoms with E-state index in [1.54, 1.807) is 24.3 Å². The van der Waals surface area contributed by atoms with E-state index in [2.05, 4.69) is 4.72 Å². The van der Waals surface area contributed by atoms with E-state index in [0.717, 1.165) is 11.1 Å². The molecule has 0 aliphatic rings. The lowest BCUT2D eigenvalue weighted by Crippen LogP contribution is -2.31. The lowest BCUT2D eigenvalue weighted by atomic mass is 10.1. The van der Waals surface area contributed by atoms with Gasteiger partial charge < -0.3 is 9.47 Å². The summed E-state index contributed by atoms with van der Waals surface area (Å²) in [5.74, 6) is 0. The fourth-order valence-electron chi connectivity index (χ4n) is 2.11. The summed E-state index contributed by atoms with van der Waals surface area (Å²) in [7, 11) is -2.11. The van der Waals surface area contributed by atoms with Crippen molar-refractivity contribution in [3.63, 3.8) is 0 Å². The minimum atomic E-state index is -3.63. The third-order valence-corrected chi connectivity index (χ3v) is 4.80. The lowest BCUT2D eigenvalue weighted by molar-refractivity contribution is -0.0365. The first-order chi connectivity index (χ1) is 11.0. The first kappa shape index (κ1) is 17.6. The third-order valence-electron chi connectivity index (χ3n) is 3.32. The molecule has 0 aromatic heterocycles. The van der Waals surface area contributed by atoms with E-state index < -0.39 is 16.1 Å². The van der Waals surface area contributed by atoms with E-state index in [-0.39, 0.29) is 18.3 Å². The second-order valence-electron chi connectivity index (χ2n) is 5.17. The number of ether oxygens (including phenoxy) is 2. The first-order valence-corrected chi connectivity index (χ1v) is 8.72. The summed E-state index contributed by atoms with van der Waals surface area (Å²) in [6, 6.07) is 15.6. The van der Waals surface area contributed by atoms with Gasteiger partial charge in [-0.25, -0.2) is 13.1 Å². The van der Waals surface area contributed by atoms with Crippen LogP contribution in [0.2, 0.25) is 0 Å². The molecular formula is C17H21NO4S. The van der Waals surface area contributed by atoms with Gasteiger partial charge in [-0.1, -0.05) is 48.0 Å². The molecule has 0 aliphatic heterocycles. The molecule has 2 rings (SSSR count). The molecule has 0 unspecified atom stereocenters. The molecule has 0 saturated heterocycles. The Bertz CT molecular complexity index is 699. The van der Waals surface area contributed by atoms with Gasteiger partial charge in [-0.2, -0.15) is 0 Å². The Morgan fingerprint density at radius 3 is 2.30 bits per heavy atom. The molecule has 2 aromatic carbocycles. The monoisotopic (exact) mass is 335 g/mol. The number of hydrogen-bond donors (Lipinski definition) is 1. The lowest BCUT2D eigenvalue weighted by Gasteiger charge is -2.19. The van der Waals surface area contributed by atoms with E-state index >= 15 is 0 Å². The van der Waals surface area contributed by atoms with Crippen molar-refractivity contribution in [2.24, 2.45) is 0 Å². The summed E-state index contributed by atoms with van der Waals surface area (Å²) >= 11 is 0. The normalized spacial score (nSPS) is 13.0. The highest BCUT2D eigenvalue weighted by Crippen LogP contribution is 2.18. The highest BCUT2D eigenvalue weighted by molar-refractivity contribution is 7.89. The minimum absolute atomic E-state index is 0.107. The van der Waals surface area contributed by atoms with E-state index in [0.29, 0.717) is 0 Å². The van der Waals surface area contributed by atoms with Crippen molar-refractivity contribution < 1.29 is 17.9 Å². The van der Waals surface area contributed by atoms with E-state index in [1.165, 1.54) is 7.11 Å². The molecule has 0 heterocycles. The van der Waals surface area contributed by atoms with Crippen LogP contribution in [0.4, 0.5) is 0 Å². The molecule has 124 valence electrons. The quantitative estimate of drug-likeness (QED) is 0.595. The van der Waals surface area contributed by atoms with Gasteiger partial charge in [0.05, 0.1) is 17.5 Å². The number of hydrogen-bond acceptors (Lipinski definition) is 4. The molecule has 6 heteroatoms. The summed E-state index contributed by atoms with van der Waals surface area (Å²) in [6.45, 7) is 2.20. The van der Waals surface area contributed by atoms with Crippen LogP contribution in [-0.2, 0) is 19.5 Å². The van der Waals surface area contributed by atoms with Crippen LogP contribution >= 0.6 is 0 Å². The van der Waals surface area contributed by atoms with Crippen LogP contribution < -0.4 is 4.72 Å². The Labute approximate surface area is 137 Å². The van der Waals surface area contributed by atoms with Crippen molar-refractivity contribution in [1.29, 1.82) is 0 Å². The molecule has 0 saturated carbocycles. The van der Waals surface area contributed by atoms with Crippen LogP contribution in [-0.4, -0.2) is 28.9 Å². The van der Waals surface area contributed by atoms with Crippen molar-refractivity contribution in [2.45, 2.75) is 17.9 Å². The molecule has 2 aromatic rings. The number of aryl methyl sites for hydroxylation is 1. The van der Waals surface area contributed by atoms with Gasteiger partial charge in [0.1, 0.15) is 6.79 Å². The van der Waals surface area contributed by atoms with Gasteiger partial charge in [0.25, 0.3) is 0 Å². The van der Waals surface area contributed by atoms with Crippen LogP contribution in [0, 0.1) is 6.92 Å². The maximum Gasteiger partial charge on any atom is 0.241 e. The van der Waals surface area contributed by atoms with Crippen molar-refractivity contribution >= 4 is 10.0 Å². The molecule has 1 N–H and O–H groups in total. The minimum Gasteiger partial charge on any atom is -0.359 e. The second-order valence-corrected chi connectivity index (χ2v) is 6.89. The molecule has 0 spiro atoms.